The van der Waals surface area contributed by atoms with Gasteiger partial charge in [0.2, 0.25) is 11.8 Å². The summed E-state index contributed by atoms with van der Waals surface area (Å²) in [7, 11) is 0. The third kappa shape index (κ3) is 5.09. The Morgan fingerprint density at radius 3 is 2.69 bits per heavy atom. The average molecular weight is 477 g/mol. The highest BCUT2D eigenvalue weighted by atomic mass is 16.5. The third-order valence-corrected chi connectivity index (χ3v) is 7.14. The molecule has 0 aromatic heterocycles. The molecule has 8 nitrogen and oxygen atoms in total. The van der Waals surface area contributed by atoms with E-state index in [9.17, 15) is 14.4 Å². The van der Waals surface area contributed by atoms with E-state index in [0.717, 1.165) is 43.9 Å². The SMILES string of the molecule is CCN[C@@H]1CCN(Cc2ccccc2)C[C@H]1Oc1ccc2c(c1)CN(C1CCC(=O)NC1=O)C2=O. The number of ether oxygens (including phenoxy) is 1. The van der Waals surface area contributed by atoms with Gasteiger partial charge in [0, 0.05) is 44.2 Å². The molecule has 0 spiro atoms. The molecule has 3 aliphatic rings. The summed E-state index contributed by atoms with van der Waals surface area (Å²) in [5, 5.41) is 5.92. The van der Waals surface area contributed by atoms with Gasteiger partial charge in [-0.15, -0.1) is 0 Å². The first kappa shape index (κ1) is 23.5. The van der Waals surface area contributed by atoms with Crippen molar-refractivity contribution in [3.05, 3.63) is 65.2 Å². The number of likely N-dealkylation sites (tertiary alicyclic amines) is 1. The van der Waals surface area contributed by atoms with Crippen molar-refractivity contribution in [1.29, 1.82) is 0 Å². The lowest BCUT2D eigenvalue weighted by Gasteiger charge is -2.39. The van der Waals surface area contributed by atoms with Crippen LogP contribution in [-0.4, -0.2) is 65.3 Å². The number of hydrogen-bond donors (Lipinski definition) is 2. The van der Waals surface area contributed by atoms with E-state index in [0.29, 0.717) is 18.5 Å². The molecule has 184 valence electrons. The molecule has 3 heterocycles. The van der Waals surface area contributed by atoms with Gasteiger partial charge in [0.05, 0.1) is 0 Å². The van der Waals surface area contributed by atoms with Crippen molar-refractivity contribution in [1.82, 2.24) is 20.4 Å². The van der Waals surface area contributed by atoms with Gasteiger partial charge in [0.1, 0.15) is 17.9 Å². The quantitative estimate of drug-likeness (QED) is 0.595. The minimum absolute atomic E-state index is 0.0196. The van der Waals surface area contributed by atoms with E-state index < -0.39 is 11.9 Å². The van der Waals surface area contributed by atoms with E-state index >= 15 is 0 Å². The lowest BCUT2D eigenvalue weighted by molar-refractivity contribution is -0.136. The van der Waals surface area contributed by atoms with Crippen LogP contribution in [0, 0.1) is 0 Å². The number of benzene rings is 2. The highest BCUT2D eigenvalue weighted by Gasteiger charge is 2.39. The smallest absolute Gasteiger partial charge is 0.255 e. The number of fused-ring (bicyclic) bond motifs is 1. The number of imide groups is 1. The zero-order chi connectivity index (χ0) is 24.4. The fourth-order valence-corrected chi connectivity index (χ4v) is 5.38. The lowest BCUT2D eigenvalue weighted by atomic mass is 10.0. The number of nitrogens with zero attached hydrogens (tertiary/aromatic N) is 2. The van der Waals surface area contributed by atoms with Crippen molar-refractivity contribution < 1.29 is 19.1 Å². The molecular formula is C27H32N4O4. The summed E-state index contributed by atoms with van der Waals surface area (Å²) >= 11 is 0. The first-order chi connectivity index (χ1) is 17.0. The Morgan fingerprint density at radius 1 is 1.09 bits per heavy atom. The molecule has 2 aromatic carbocycles. The van der Waals surface area contributed by atoms with Crippen LogP contribution in [-0.2, 0) is 22.7 Å². The van der Waals surface area contributed by atoms with Crippen molar-refractivity contribution in [2.75, 3.05) is 19.6 Å². The number of carbonyl (C=O) groups is 3. The second-order valence-corrected chi connectivity index (χ2v) is 9.55. The Balaban J connectivity index is 1.28. The van der Waals surface area contributed by atoms with Crippen LogP contribution in [0.4, 0.5) is 0 Å². The summed E-state index contributed by atoms with van der Waals surface area (Å²) in [5.41, 5.74) is 2.74. The summed E-state index contributed by atoms with van der Waals surface area (Å²) in [4.78, 5) is 40.8. The van der Waals surface area contributed by atoms with E-state index in [4.69, 9.17) is 4.74 Å². The molecule has 8 heteroatoms. The normalized spacial score (nSPS) is 24.9. The Kier molecular flexibility index (Phi) is 6.83. The molecule has 0 saturated carbocycles. The van der Waals surface area contributed by atoms with Gasteiger partial charge in [-0.25, -0.2) is 0 Å². The lowest BCUT2D eigenvalue weighted by Crippen LogP contribution is -2.54. The molecular weight excluding hydrogens is 444 g/mol. The maximum atomic E-state index is 13.0. The number of hydrogen-bond acceptors (Lipinski definition) is 6. The summed E-state index contributed by atoms with van der Waals surface area (Å²) in [6, 6.07) is 15.7. The molecule has 3 aliphatic heterocycles. The molecule has 0 bridgehead atoms. The molecule has 0 aliphatic carbocycles. The van der Waals surface area contributed by atoms with Crippen LogP contribution in [0.15, 0.2) is 48.5 Å². The molecule has 0 radical (unpaired) electrons. The zero-order valence-corrected chi connectivity index (χ0v) is 20.0. The van der Waals surface area contributed by atoms with Crippen molar-refractivity contribution in [3.63, 3.8) is 0 Å². The van der Waals surface area contributed by atoms with Gasteiger partial charge < -0.3 is 15.0 Å². The summed E-state index contributed by atoms with van der Waals surface area (Å²) in [6.45, 7) is 6.04. The number of rotatable bonds is 7. The third-order valence-electron chi connectivity index (χ3n) is 7.14. The van der Waals surface area contributed by atoms with E-state index in [1.54, 1.807) is 11.0 Å². The van der Waals surface area contributed by atoms with Crippen LogP contribution >= 0.6 is 0 Å². The van der Waals surface area contributed by atoms with E-state index in [1.807, 2.05) is 18.2 Å². The number of piperidine rings is 2. The van der Waals surface area contributed by atoms with Crippen LogP contribution in [0.5, 0.6) is 5.75 Å². The average Bonchev–Trinajstić information content (AvgIpc) is 3.17. The van der Waals surface area contributed by atoms with Crippen molar-refractivity contribution >= 4 is 17.7 Å². The predicted molar refractivity (Wildman–Crippen MR) is 131 cm³/mol. The number of amides is 3. The van der Waals surface area contributed by atoms with Gasteiger partial charge in [-0.2, -0.15) is 0 Å². The molecule has 1 unspecified atom stereocenters. The largest absolute Gasteiger partial charge is 0.487 e. The molecule has 2 N–H and O–H groups in total. The van der Waals surface area contributed by atoms with Crippen LogP contribution in [0.1, 0.15) is 47.7 Å². The molecule has 3 atom stereocenters. The first-order valence-electron chi connectivity index (χ1n) is 12.5. The van der Waals surface area contributed by atoms with E-state index in [1.165, 1.54) is 5.56 Å². The fraction of sp³-hybridized carbons (Fsp3) is 0.444. The Morgan fingerprint density at radius 2 is 1.91 bits per heavy atom. The number of nitrogens with one attached hydrogen (secondary N) is 2. The Labute approximate surface area is 205 Å². The minimum Gasteiger partial charge on any atom is -0.487 e. The minimum atomic E-state index is -0.611. The van der Waals surface area contributed by atoms with Crippen molar-refractivity contribution in [2.45, 2.75) is 57.5 Å². The highest BCUT2D eigenvalue weighted by molar-refractivity contribution is 6.05. The maximum absolute atomic E-state index is 13.0. The van der Waals surface area contributed by atoms with Gasteiger partial charge >= 0.3 is 0 Å². The van der Waals surface area contributed by atoms with E-state index in [2.05, 4.69) is 46.7 Å². The summed E-state index contributed by atoms with van der Waals surface area (Å²) in [5.74, 6) is -0.113. The second kappa shape index (κ2) is 10.2. The molecule has 2 saturated heterocycles. The highest BCUT2D eigenvalue weighted by Crippen LogP contribution is 2.31. The summed E-state index contributed by atoms with van der Waals surface area (Å²) in [6.07, 6.45) is 1.58. The van der Waals surface area contributed by atoms with Gasteiger partial charge in [-0.3, -0.25) is 24.6 Å². The molecule has 35 heavy (non-hydrogen) atoms. The molecule has 2 fully saturated rings. The molecule has 5 rings (SSSR count). The van der Waals surface area contributed by atoms with E-state index in [-0.39, 0.29) is 30.4 Å². The van der Waals surface area contributed by atoms with Gasteiger partial charge in [0.25, 0.3) is 5.91 Å². The predicted octanol–water partition coefficient (Wildman–Crippen LogP) is 2.08. The fourth-order valence-electron chi connectivity index (χ4n) is 5.38. The van der Waals surface area contributed by atoms with Gasteiger partial charge in [0.15, 0.2) is 0 Å². The first-order valence-corrected chi connectivity index (χ1v) is 12.5. The maximum Gasteiger partial charge on any atom is 0.255 e. The number of carbonyl (C=O) groups excluding carboxylic acids is 3. The second-order valence-electron chi connectivity index (χ2n) is 9.55. The van der Waals surface area contributed by atoms with Crippen molar-refractivity contribution in [3.8, 4) is 5.75 Å². The topological polar surface area (TPSA) is 91.0 Å². The van der Waals surface area contributed by atoms with Crippen molar-refractivity contribution in [2.24, 2.45) is 0 Å². The van der Waals surface area contributed by atoms with Gasteiger partial charge in [-0.05, 0) is 48.7 Å². The Hall–Kier alpha value is -3.23. The van der Waals surface area contributed by atoms with Crippen LogP contribution in [0.25, 0.3) is 0 Å². The zero-order valence-electron chi connectivity index (χ0n) is 20.0. The van der Waals surface area contributed by atoms with Crippen LogP contribution in [0.3, 0.4) is 0 Å². The van der Waals surface area contributed by atoms with Gasteiger partial charge in [-0.1, -0.05) is 37.3 Å². The molecule has 2 aromatic rings. The number of likely N-dealkylation sites (N-methyl/N-ethyl adjacent to an activating group) is 1. The monoisotopic (exact) mass is 476 g/mol. The molecule has 3 amide bonds. The summed E-state index contributed by atoms with van der Waals surface area (Å²) < 4.78 is 6.51. The van der Waals surface area contributed by atoms with Crippen LogP contribution in [0.2, 0.25) is 0 Å². The standard InChI is InChI=1S/C27H32N4O4/c1-2-28-22-12-13-30(15-18-6-4-3-5-7-18)17-24(22)35-20-8-9-21-19(14-20)16-31(27(21)34)23-10-11-25(32)29-26(23)33/h3-9,14,22-24,28H,2,10-13,15-17H2,1H3,(H,29,32,33)/t22-,23?,24-/m1/s1. The van der Waals surface area contributed by atoms with Crippen LogP contribution < -0.4 is 15.4 Å². The Bertz CT molecular complexity index is 1110.